The molecule has 1 aromatic heterocycles. The molecule has 1 unspecified atom stereocenters. The molecule has 20 heavy (non-hydrogen) atoms. The Morgan fingerprint density at radius 2 is 2.15 bits per heavy atom. The summed E-state index contributed by atoms with van der Waals surface area (Å²) in [5.41, 5.74) is 0.475. The lowest BCUT2D eigenvalue weighted by Gasteiger charge is -2.13. The van der Waals surface area contributed by atoms with Gasteiger partial charge in [-0.05, 0) is 33.4 Å². The van der Waals surface area contributed by atoms with Gasteiger partial charge in [-0.25, -0.2) is 0 Å². The third kappa shape index (κ3) is 3.15. The minimum atomic E-state index is -0.859. The van der Waals surface area contributed by atoms with Gasteiger partial charge in [0.25, 0.3) is 5.91 Å². The lowest BCUT2D eigenvalue weighted by Crippen LogP contribution is -2.27. The van der Waals surface area contributed by atoms with Crippen molar-refractivity contribution in [2.45, 2.75) is 6.04 Å². The molecule has 0 aliphatic carbocycles. The van der Waals surface area contributed by atoms with Crippen molar-refractivity contribution < 1.29 is 4.79 Å². The summed E-state index contributed by atoms with van der Waals surface area (Å²) in [6, 6.07) is 7.89. The summed E-state index contributed by atoms with van der Waals surface area (Å²) < 4.78 is 0.689. The lowest BCUT2D eigenvalue weighted by atomic mass is 10.1. The van der Waals surface area contributed by atoms with Crippen LogP contribution in [0.15, 0.2) is 34.1 Å². The Bertz CT molecular complexity index is 696. The number of rotatable bonds is 3. The standard InChI is InChI=1S/C13H7BrCl2N2OS/c14-8-4-5-20-12(8)13(19)18-10(6-17)7-2-1-3-9(15)11(7)16/h1-5,10H,(H,18,19). The van der Waals surface area contributed by atoms with Crippen molar-refractivity contribution in [3.8, 4) is 6.07 Å². The van der Waals surface area contributed by atoms with Gasteiger partial charge < -0.3 is 5.32 Å². The van der Waals surface area contributed by atoms with Gasteiger partial charge in [0, 0.05) is 10.0 Å². The molecule has 1 heterocycles. The molecule has 0 saturated carbocycles. The van der Waals surface area contributed by atoms with Gasteiger partial charge in [-0.3, -0.25) is 4.79 Å². The van der Waals surface area contributed by atoms with Crippen LogP contribution >= 0.6 is 50.5 Å². The minimum Gasteiger partial charge on any atom is -0.332 e. The summed E-state index contributed by atoms with van der Waals surface area (Å²) in [6.45, 7) is 0. The van der Waals surface area contributed by atoms with E-state index in [-0.39, 0.29) is 10.9 Å². The zero-order valence-corrected chi connectivity index (χ0v) is 13.8. The van der Waals surface area contributed by atoms with Crippen LogP contribution in [0.4, 0.5) is 0 Å². The number of amides is 1. The highest BCUT2D eigenvalue weighted by Crippen LogP contribution is 2.30. The fourth-order valence-corrected chi connectivity index (χ4v) is 3.45. The van der Waals surface area contributed by atoms with Gasteiger partial charge in [0.1, 0.15) is 10.9 Å². The van der Waals surface area contributed by atoms with Gasteiger partial charge in [0.05, 0.1) is 16.1 Å². The number of nitrogens with zero attached hydrogens (tertiary/aromatic N) is 1. The summed E-state index contributed by atoms with van der Waals surface area (Å²) in [4.78, 5) is 12.6. The van der Waals surface area contributed by atoms with Crippen LogP contribution in [0.3, 0.4) is 0 Å². The Balaban J connectivity index is 2.27. The first-order chi connectivity index (χ1) is 9.54. The Labute approximate surface area is 138 Å². The number of hydrogen-bond donors (Lipinski definition) is 1. The molecule has 1 N–H and O–H groups in total. The summed E-state index contributed by atoms with van der Waals surface area (Å²) in [7, 11) is 0. The van der Waals surface area contributed by atoms with E-state index in [1.54, 1.807) is 29.6 Å². The van der Waals surface area contributed by atoms with Crippen molar-refractivity contribution in [3.05, 3.63) is 54.6 Å². The van der Waals surface area contributed by atoms with Gasteiger partial charge in [0.15, 0.2) is 0 Å². The molecule has 1 atom stereocenters. The lowest BCUT2D eigenvalue weighted by molar-refractivity contribution is 0.0948. The first-order valence-electron chi connectivity index (χ1n) is 5.42. The summed E-state index contributed by atoms with van der Waals surface area (Å²) >= 11 is 16.5. The second-order valence-electron chi connectivity index (χ2n) is 3.78. The zero-order valence-electron chi connectivity index (χ0n) is 9.86. The molecule has 0 bridgehead atoms. The molecule has 1 amide bonds. The number of hydrogen-bond acceptors (Lipinski definition) is 3. The van der Waals surface area contributed by atoms with Crippen LogP contribution < -0.4 is 5.32 Å². The van der Waals surface area contributed by atoms with E-state index in [2.05, 4.69) is 21.2 Å². The quantitative estimate of drug-likeness (QED) is 0.818. The van der Waals surface area contributed by atoms with Crippen molar-refractivity contribution in [1.82, 2.24) is 5.32 Å². The zero-order chi connectivity index (χ0) is 14.7. The molecule has 7 heteroatoms. The van der Waals surface area contributed by atoms with Gasteiger partial charge in [-0.15, -0.1) is 11.3 Å². The first-order valence-corrected chi connectivity index (χ1v) is 7.85. The molecular formula is C13H7BrCl2N2OS. The third-order valence-corrected chi connectivity index (χ3v) is 5.19. The highest BCUT2D eigenvalue weighted by molar-refractivity contribution is 9.10. The smallest absolute Gasteiger partial charge is 0.263 e. The average molecular weight is 390 g/mol. The predicted octanol–water partition coefficient (Wildman–Crippen LogP) is 4.81. The van der Waals surface area contributed by atoms with E-state index in [4.69, 9.17) is 23.2 Å². The monoisotopic (exact) mass is 388 g/mol. The SMILES string of the molecule is N#CC(NC(=O)c1sccc1Br)c1cccc(Cl)c1Cl. The van der Waals surface area contributed by atoms with E-state index < -0.39 is 6.04 Å². The number of benzene rings is 1. The molecule has 2 rings (SSSR count). The van der Waals surface area contributed by atoms with Crippen LogP contribution in [0.2, 0.25) is 10.0 Å². The maximum Gasteiger partial charge on any atom is 0.263 e. The van der Waals surface area contributed by atoms with Crippen LogP contribution in [0.25, 0.3) is 0 Å². The largest absolute Gasteiger partial charge is 0.332 e. The maximum absolute atomic E-state index is 12.1. The highest BCUT2D eigenvalue weighted by Gasteiger charge is 2.20. The third-order valence-electron chi connectivity index (χ3n) is 2.52. The van der Waals surface area contributed by atoms with E-state index in [1.165, 1.54) is 11.3 Å². The number of carbonyl (C=O) groups is 1. The fourth-order valence-electron chi connectivity index (χ4n) is 1.58. The normalized spacial score (nSPS) is 11.7. The number of thiophene rings is 1. The van der Waals surface area contributed by atoms with Crippen LogP contribution in [-0.2, 0) is 0 Å². The van der Waals surface area contributed by atoms with Crippen LogP contribution in [0.1, 0.15) is 21.3 Å². The van der Waals surface area contributed by atoms with Crippen LogP contribution in [0.5, 0.6) is 0 Å². The molecule has 0 fully saturated rings. The second-order valence-corrected chi connectivity index (χ2v) is 6.33. The van der Waals surface area contributed by atoms with Crippen LogP contribution in [0, 0.1) is 11.3 Å². The Morgan fingerprint density at radius 3 is 2.75 bits per heavy atom. The molecular weight excluding hydrogens is 383 g/mol. The topological polar surface area (TPSA) is 52.9 Å². The number of halogens is 3. The average Bonchev–Trinajstić information content (AvgIpc) is 2.85. The second kappa shape index (κ2) is 6.59. The molecule has 3 nitrogen and oxygen atoms in total. The Hall–Kier alpha value is -1.06. The van der Waals surface area contributed by atoms with Gasteiger partial charge in [-0.1, -0.05) is 35.3 Å². The van der Waals surface area contributed by atoms with Gasteiger partial charge >= 0.3 is 0 Å². The molecule has 1 aromatic carbocycles. The summed E-state index contributed by atoms with van der Waals surface area (Å²) in [5, 5.41) is 14.3. The number of nitriles is 1. The van der Waals surface area contributed by atoms with Crippen molar-refractivity contribution in [3.63, 3.8) is 0 Å². The van der Waals surface area contributed by atoms with Crippen molar-refractivity contribution in [2.75, 3.05) is 0 Å². The van der Waals surface area contributed by atoms with E-state index in [0.29, 0.717) is 19.9 Å². The van der Waals surface area contributed by atoms with Crippen molar-refractivity contribution in [1.29, 1.82) is 5.26 Å². The molecule has 0 radical (unpaired) electrons. The maximum atomic E-state index is 12.1. The van der Waals surface area contributed by atoms with Crippen molar-refractivity contribution in [2.24, 2.45) is 0 Å². The molecule has 0 aliphatic rings. The molecule has 0 spiro atoms. The number of carbonyl (C=O) groups excluding carboxylic acids is 1. The Kier molecular flexibility index (Phi) is 5.06. The van der Waals surface area contributed by atoms with E-state index in [1.807, 2.05) is 6.07 Å². The Morgan fingerprint density at radius 1 is 1.40 bits per heavy atom. The van der Waals surface area contributed by atoms with Crippen molar-refractivity contribution >= 4 is 56.4 Å². The predicted molar refractivity (Wildman–Crippen MR) is 84.3 cm³/mol. The van der Waals surface area contributed by atoms with E-state index in [9.17, 15) is 10.1 Å². The van der Waals surface area contributed by atoms with Gasteiger partial charge in [-0.2, -0.15) is 5.26 Å². The highest BCUT2D eigenvalue weighted by atomic mass is 79.9. The molecule has 0 saturated heterocycles. The molecule has 2 aromatic rings. The molecule has 102 valence electrons. The summed E-state index contributed by atoms with van der Waals surface area (Å²) in [6.07, 6.45) is 0. The number of nitrogens with one attached hydrogen (secondary N) is 1. The van der Waals surface area contributed by atoms with Gasteiger partial charge in [0.2, 0.25) is 0 Å². The molecule has 0 aliphatic heterocycles. The van der Waals surface area contributed by atoms with E-state index in [0.717, 1.165) is 0 Å². The summed E-state index contributed by atoms with van der Waals surface area (Å²) in [5.74, 6) is -0.338. The van der Waals surface area contributed by atoms with Crippen LogP contribution in [-0.4, -0.2) is 5.91 Å². The van der Waals surface area contributed by atoms with E-state index >= 15 is 0 Å². The first kappa shape index (κ1) is 15.3. The minimum absolute atomic E-state index is 0.270. The fraction of sp³-hybridized carbons (Fsp3) is 0.0769.